The van der Waals surface area contributed by atoms with Gasteiger partial charge in [-0.2, -0.15) is 0 Å². The number of hydrogen-bond acceptors (Lipinski definition) is 5. The third kappa shape index (κ3) is 4.28. The molecule has 1 aliphatic rings. The minimum atomic E-state index is -0.692. The van der Waals surface area contributed by atoms with Gasteiger partial charge >= 0.3 is 0 Å². The Morgan fingerprint density at radius 1 is 1.29 bits per heavy atom. The quantitative estimate of drug-likeness (QED) is 0.887. The van der Waals surface area contributed by atoms with Gasteiger partial charge in [0.05, 0.1) is 17.7 Å². The van der Waals surface area contributed by atoms with E-state index in [4.69, 9.17) is 4.52 Å². The van der Waals surface area contributed by atoms with Gasteiger partial charge in [0.2, 0.25) is 5.91 Å². The maximum absolute atomic E-state index is 12.4. The summed E-state index contributed by atoms with van der Waals surface area (Å²) in [5.41, 5.74) is 1.00. The molecule has 0 aromatic carbocycles. The molecule has 1 N–H and O–H groups in total. The van der Waals surface area contributed by atoms with E-state index >= 15 is 0 Å². The van der Waals surface area contributed by atoms with Crippen LogP contribution in [-0.4, -0.2) is 64.3 Å². The molecule has 1 amide bonds. The zero-order valence-electron chi connectivity index (χ0n) is 13.3. The Morgan fingerprint density at radius 2 is 1.90 bits per heavy atom. The summed E-state index contributed by atoms with van der Waals surface area (Å²) in [5, 5.41) is 13.7. The number of hydrogen-bond donors (Lipinski definition) is 1. The molecule has 1 aromatic heterocycles. The summed E-state index contributed by atoms with van der Waals surface area (Å²) >= 11 is 0. The Morgan fingerprint density at radius 3 is 2.38 bits per heavy atom. The van der Waals surface area contributed by atoms with Gasteiger partial charge < -0.3 is 14.5 Å². The SMILES string of the molecule is Cc1noc(C)c1CC(=O)N1CCN(CC(C)(C)O)CC1. The first kappa shape index (κ1) is 16.0. The number of aryl methyl sites for hydroxylation is 2. The van der Waals surface area contributed by atoms with Crippen molar-refractivity contribution in [2.45, 2.75) is 39.7 Å². The van der Waals surface area contributed by atoms with E-state index in [0.29, 0.717) is 26.1 Å². The molecular weight excluding hydrogens is 270 g/mol. The van der Waals surface area contributed by atoms with E-state index < -0.39 is 5.60 Å². The summed E-state index contributed by atoms with van der Waals surface area (Å²) in [5.74, 6) is 0.842. The van der Waals surface area contributed by atoms with Crippen LogP contribution < -0.4 is 0 Å². The van der Waals surface area contributed by atoms with Crippen LogP contribution >= 0.6 is 0 Å². The second-order valence-corrected chi connectivity index (χ2v) is 6.45. The van der Waals surface area contributed by atoms with E-state index in [1.165, 1.54) is 0 Å². The average molecular weight is 295 g/mol. The normalized spacial score (nSPS) is 17.3. The molecule has 1 aliphatic heterocycles. The average Bonchev–Trinajstić information content (AvgIpc) is 2.69. The molecule has 0 radical (unpaired) electrons. The van der Waals surface area contributed by atoms with E-state index in [1.54, 1.807) is 0 Å². The molecule has 0 bridgehead atoms. The maximum Gasteiger partial charge on any atom is 0.227 e. The Hall–Kier alpha value is -1.40. The summed E-state index contributed by atoms with van der Waals surface area (Å²) in [6.45, 7) is 11.0. The van der Waals surface area contributed by atoms with Crippen molar-refractivity contribution in [2.75, 3.05) is 32.7 Å². The summed E-state index contributed by atoms with van der Waals surface area (Å²) in [4.78, 5) is 16.4. The third-order valence-corrected chi connectivity index (χ3v) is 3.84. The van der Waals surface area contributed by atoms with Crippen LogP contribution in [0.5, 0.6) is 0 Å². The lowest BCUT2D eigenvalue weighted by Gasteiger charge is -2.37. The maximum atomic E-state index is 12.4. The minimum absolute atomic E-state index is 0.118. The highest BCUT2D eigenvalue weighted by molar-refractivity contribution is 5.79. The molecule has 0 spiro atoms. The van der Waals surface area contributed by atoms with Crippen molar-refractivity contribution in [3.8, 4) is 0 Å². The number of carbonyl (C=O) groups is 1. The number of carbonyl (C=O) groups excluding carboxylic acids is 1. The lowest BCUT2D eigenvalue weighted by Crippen LogP contribution is -2.52. The standard InChI is InChI=1S/C15H25N3O3/c1-11-13(12(2)21-16-11)9-14(19)18-7-5-17(6-8-18)10-15(3,4)20/h20H,5-10H2,1-4H3. The number of aromatic nitrogens is 1. The molecule has 6 heteroatoms. The van der Waals surface area contributed by atoms with Gasteiger partial charge in [0, 0.05) is 38.3 Å². The van der Waals surface area contributed by atoms with E-state index in [-0.39, 0.29) is 5.91 Å². The minimum Gasteiger partial charge on any atom is -0.389 e. The van der Waals surface area contributed by atoms with Crippen molar-refractivity contribution < 1.29 is 14.4 Å². The molecule has 1 fully saturated rings. The summed E-state index contributed by atoms with van der Waals surface area (Å²) in [6.07, 6.45) is 0.354. The molecule has 1 saturated heterocycles. The van der Waals surface area contributed by atoms with Crippen molar-refractivity contribution in [3.05, 3.63) is 17.0 Å². The van der Waals surface area contributed by atoms with Crippen LogP contribution in [0.1, 0.15) is 30.9 Å². The molecule has 0 saturated carbocycles. The highest BCUT2D eigenvalue weighted by Crippen LogP contribution is 2.15. The van der Waals surface area contributed by atoms with Gasteiger partial charge in [0.15, 0.2) is 0 Å². The molecule has 0 unspecified atom stereocenters. The largest absolute Gasteiger partial charge is 0.389 e. The Labute approximate surface area is 125 Å². The lowest BCUT2D eigenvalue weighted by molar-refractivity contribution is -0.132. The van der Waals surface area contributed by atoms with Crippen LogP contribution in [0, 0.1) is 13.8 Å². The number of rotatable bonds is 4. The Kier molecular flexibility index (Phi) is 4.68. The predicted octanol–water partition coefficient (Wildman–Crippen LogP) is 0.749. The van der Waals surface area contributed by atoms with E-state index in [1.807, 2.05) is 32.6 Å². The molecule has 1 aromatic rings. The molecule has 6 nitrogen and oxygen atoms in total. The fraction of sp³-hybridized carbons (Fsp3) is 0.733. The van der Waals surface area contributed by atoms with Crippen molar-refractivity contribution >= 4 is 5.91 Å². The van der Waals surface area contributed by atoms with Crippen molar-refractivity contribution in [3.63, 3.8) is 0 Å². The molecular formula is C15H25N3O3. The molecule has 21 heavy (non-hydrogen) atoms. The number of amides is 1. The summed E-state index contributed by atoms with van der Waals surface area (Å²) < 4.78 is 5.10. The van der Waals surface area contributed by atoms with Gasteiger partial charge in [-0.05, 0) is 27.7 Å². The third-order valence-electron chi connectivity index (χ3n) is 3.84. The first-order valence-corrected chi connectivity index (χ1v) is 7.40. The molecule has 118 valence electrons. The molecule has 0 atom stereocenters. The molecule has 2 rings (SSSR count). The van der Waals surface area contributed by atoms with Gasteiger partial charge in [0.25, 0.3) is 0 Å². The van der Waals surface area contributed by atoms with Crippen molar-refractivity contribution in [1.82, 2.24) is 15.0 Å². The predicted molar refractivity (Wildman–Crippen MR) is 79.0 cm³/mol. The Bertz CT molecular complexity index is 477. The second kappa shape index (κ2) is 6.15. The number of aliphatic hydroxyl groups is 1. The van der Waals surface area contributed by atoms with Gasteiger partial charge in [-0.3, -0.25) is 9.69 Å². The smallest absolute Gasteiger partial charge is 0.227 e. The second-order valence-electron chi connectivity index (χ2n) is 6.45. The van der Waals surface area contributed by atoms with Gasteiger partial charge in [-0.1, -0.05) is 5.16 Å². The van der Waals surface area contributed by atoms with Crippen LogP contribution in [0.4, 0.5) is 0 Å². The fourth-order valence-electron chi connectivity index (χ4n) is 2.72. The first-order valence-electron chi connectivity index (χ1n) is 7.40. The van der Waals surface area contributed by atoms with E-state index in [9.17, 15) is 9.90 Å². The van der Waals surface area contributed by atoms with Gasteiger partial charge in [-0.25, -0.2) is 0 Å². The van der Waals surface area contributed by atoms with Crippen molar-refractivity contribution in [1.29, 1.82) is 0 Å². The van der Waals surface area contributed by atoms with Gasteiger partial charge in [0.1, 0.15) is 5.76 Å². The molecule has 0 aliphatic carbocycles. The first-order chi connectivity index (χ1) is 9.76. The number of nitrogens with zero attached hydrogens (tertiary/aromatic N) is 3. The fourth-order valence-corrected chi connectivity index (χ4v) is 2.72. The highest BCUT2D eigenvalue weighted by atomic mass is 16.5. The summed E-state index contributed by atoms with van der Waals surface area (Å²) in [6, 6.07) is 0. The zero-order chi connectivity index (χ0) is 15.6. The topological polar surface area (TPSA) is 69.8 Å². The number of β-amino-alcohol motifs (C(OH)–C–C–N with tert-alkyl or cyclic N) is 1. The monoisotopic (exact) mass is 295 g/mol. The van der Waals surface area contributed by atoms with Crippen LogP contribution in [-0.2, 0) is 11.2 Å². The van der Waals surface area contributed by atoms with Crippen LogP contribution in [0.3, 0.4) is 0 Å². The highest BCUT2D eigenvalue weighted by Gasteiger charge is 2.26. The van der Waals surface area contributed by atoms with E-state index in [0.717, 1.165) is 30.1 Å². The van der Waals surface area contributed by atoms with Crippen LogP contribution in [0.15, 0.2) is 4.52 Å². The molecule has 2 heterocycles. The van der Waals surface area contributed by atoms with Crippen LogP contribution in [0.2, 0.25) is 0 Å². The van der Waals surface area contributed by atoms with E-state index in [2.05, 4.69) is 10.1 Å². The lowest BCUT2D eigenvalue weighted by atomic mass is 10.1. The number of piperazine rings is 1. The summed E-state index contributed by atoms with van der Waals surface area (Å²) in [7, 11) is 0. The zero-order valence-corrected chi connectivity index (χ0v) is 13.3. The Balaban J connectivity index is 1.86. The van der Waals surface area contributed by atoms with Crippen LogP contribution in [0.25, 0.3) is 0 Å². The van der Waals surface area contributed by atoms with Crippen molar-refractivity contribution in [2.24, 2.45) is 0 Å². The van der Waals surface area contributed by atoms with Gasteiger partial charge in [-0.15, -0.1) is 0 Å².